The van der Waals surface area contributed by atoms with Gasteiger partial charge >= 0.3 is 6.03 Å². The molecule has 0 aliphatic carbocycles. The number of piperidine rings is 1. The zero-order valence-electron chi connectivity index (χ0n) is 18.3. The molecule has 3 aromatic carbocycles. The fourth-order valence-electron chi connectivity index (χ4n) is 4.29. The number of nitrogens with one attached hydrogen (secondary N) is 1. The number of carbonyl (C=O) groups is 1. The smallest absolute Gasteiger partial charge is 0.318 e. The van der Waals surface area contributed by atoms with E-state index in [1.807, 2.05) is 89.8 Å². The average molecular weight is 439 g/mol. The maximum Gasteiger partial charge on any atom is 0.318 e. The van der Waals surface area contributed by atoms with Crippen LogP contribution in [0.25, 0.3) is 10.8 Å². The highest BCUT2D eigenvalue weighted by Crippen LogP contribution is 2.26. The number of urea groups is 1. The Morgan fingerprint density at radius 3 is 2.15 bits per heavy atom. The first-order valence-corrected chi connectivity index (χ1v) is 11.3. The second-order valence-electron chi connectivity index (χ2n) is 8.25. The van der Waals surface area contributed by atoms with Crippen LogP contribution in [-0.4, -0.2) is 40.3 Å². The molecule has 4 aromatic rings. The van der Waals surface area contributed by atoms with Gasteiger partial charge in [0.2, 0.25) is 5.88 Å². The van der Waals surface area contributed by atoms with Gasteiger partial charge in [0, 0.05) is 36.7 Å². The minimum absolute atomic E-state index is 0.00759. The molecule has 5 rings (SSSR count). The van der Waals surface area contributed by atoms with Gasteiger partial charge in [0.1, 0.15) is 6.10 Å². The van der Waals surface area contributed by atoms with Crippen LogP contribution in [0.2, 0.25) is 0 Å². The number of ether oxygens (including phenoxy) is 1. The zero-order chi connectivity index (χ0) is 22.5. The summed E-state index contributed by atoms with van der Waals surface area (Å²) in [4.78, 5) is 15.0. The molecule has 1 aliphatic rings. The van der Waals surface area contributed by atoms with E-state index < -0.39 is 0 Å². The van der Waals surface area contributed by atoms with Crippen molar-refractivity contribution in [1.29, 1.82) is 0 Å². The number of benzene rings is 3. The first kappa shape index (κ1) is 20.9. The van der Waals surface area contributed by atoms with Crippen molar-refractivity contribution >= 4 is 16.8 Å². The summed E-state index contributed by atoms with van der Waals surface area (Å²) in [5.74, 6) is 0.559. The molecular formula is C27H26N4O2. The van der Waals surface area contributed by atoms with Crippen LogP contribution >= 0.6 is 0 Å². The Balaban J connectivity index is 1.23. The van der Waals surface area contributed by atoms with Crippen LogP contribution in [0.1, 0.15) is 30.0 Å². The summed E-state index contributed by atoms with van der Waals surface area (Å²) in [7, 11) is 0. The van der Waals surface area contributed by atoms with Crippen LogP contribution in [-0.2, 0) is 0 Å². The first-order chi connectivity index (χ1) is 16.3. The van der Waals surface area contributed by atoms with Gasteiger partial charge < -0.3 is 15.0 Å². The molecule has 2 amide bonds. The topological polar surface area (TPSA) is 67.4 Å². The summed E-state index contributed by atoms with van der Waals surface area (Å²) in [5.41, 5.74) is 2.12. The number of aromatic nitrogens is 2. The molecule has 0 spiro atoms. The van der Waals surface area contributed by atoms with Gasteiger partial charge in [-0.1, -0.05) is 78.9 Å². The minimum atomic E-state index is -0.195. The van der Waals surface area contributed by atoms with Crippen molar-refractivity contribution in [3.8, 4) is 5.88 Å². The van der Waals surface area contributed by atoms with Crippen LogP contribution in [0, 0.1) is 0 Å². The summed E-state index contributed by atoms with van der Waals surface area (Å²) >= 11 is 0. The van der Waals surface area contributed by atoms with Gasteiger partial charge in [0.05, 0.1) is 12.2 Å². The van der Waals surface area contributed by atoms with Crippen LogP contribution in [0.3, 0.4) is 0 Å². The molecule has 2 heterocycles. The maximum atomic E-state index is 13.1. The summed E-state index contributed by atoms with van der Waals surface area (Å²) in [6.07, 6.45) is 3.25. The Labute approximate surface area is 193 Å². The highest BCUT2D eigenvalue weighted by molar-refractivity contribution is 5.85. The molecule has 1 saturated heterocycles. The van der Waals surface area contributed by atoms with Crippen LogP contribution in [0.4, 0.5) is 4.79 Å². The van der Waals surface area contributed by atoms with Gasteiger partial charge in [-0.3, -0.25) is 0 Å². The molecule has 1 N–H and O–H groups in total. The highest BCUT2D eigenvalue weighted by atomic mass is 16.5. The highest BCUT2D eigenvalue weighted by Gasteiger charge is 2.27. The molecule has 0 atom stereocenters. The molecule has 0 saturated carbocycles. The number of amides is 2. The predicted octanol–water partition coefficient (Wildman–Crippen LogP) is 4.97. The first-order valence-electron chi connectivity index (χ1n) is 11.3. The lowest BCUT2D eigenvalue weighted by molar-refractivity contribution is 0.107. The van der Waals surface area contributed by atoms with Gasteiger partial charge in [-0.05, 0) is 17.2 Å². The van der Waals surface area contributed by atoms with Crippen LogP contribution in [0.5, 0.6) is 5.88 Å². The number of fused-ring (bicyclic) bond motifs is 1. The third kappa shape index (κ3) is 4.80. The van der Waals surface area contributed by atoms with E-state index in [0.717, 1.165) is 34.7 Å². The summed E-state index contributed by atoms with van der Waals surface area (Å²) in [6.45, 7) is 1.26. The fourth-order valence-corrected chi connectivity index (χ4v) is 4.29. The summed E-state index contributed by atoms with van der Waals surface area (Å²) < 4.78 is 6.18. The third-order valence-electron chi connectivity index (χ3n) is 6.08. The Bertz CT molecular complexity index is 1160. The van der Waals surface area contributed by atoms with E-state index in [1.54, 1.807) is 6.20 Å². The van der Waals surface area contributed by atoms with Crippen molar-refractivity contribution in [2.75, 3.05) is 13.1 Å². The van der Waals surface area contributed by atoms with E-state index in [0.29, 0.717) is 19.0 Å². The Morgan fingerprint density at radius 1 is 0.879 bits per heavy atom. The largest absolute Gasteiger partial charge is 0.473 e. The number of rotatable bonds is 5. The number of hydrogen-bond donors (Lipinski definition) is 1. The average Bonchev–Trinajstić information content (AvgIpc) is 2.89. The van der Waals surface area contributed by atoms with Crippen LogP contribution in [0.15, 0.2) is 91.1 Å². The van der Waals surface area contributed by atoms with Crippen molar-refractivity contribution < 1.29 is 9.53 Å². The second-order valence-corrected chi connectivity index (χ2v) is 8.25. The monoisotopic (exact) mass is 438 g/mol. The molecule has 6 heteroatoms. The molecule has 0 unspecified atom stereocenters. The van der Waals surface area contributed by atoms with E-state index in [2.05, 4.69) is 15.5 Å². The number of nitrogens with zero attached hydrogens (tertiary/aromatic N) is 3. The Hall–Kier alpha value is -3.93. The number of hydrogen-bond acceptors (Lipinski definition) is 4. The van der Waals surface area contributed by atoms with Crippen molar-refractivity contribution in [1.82, 2.24) is 20.4 Å². The summed E-state index contributed by atoms with van der Waals surface area (Å²) in [6, 6.07) is 27.8. The molecule has 166 valence electrons. The quantitative estimate of drug-likeness (QED) is 0.478. The lowest BCUT2D eigenvalue weighted by atomic mass is 9.99. The molecule has 6 nitrogen and oxygen atoms in total. The Morgan fingerprint density at radius 2 is 1.48 bits per heavy atom. The SMILES string of the molecule is O=C(NC(c1ccccc1)c1ccccc1)N1CCC(Oc2nncc3ccccc23)CC1. The van der Waals surface area contributed by atoms with E-state index in [9.17, 15) is 4.79 Å². The van der Waals surface area contributed by atoms with Crippen molar-refractivity contribution in [2.45, 2.75) is 25.0 Å². The molecular weight excluding hydrogens is 412 g/mol. The molecule has 1 fully saturated rings. The molecule has 0 radical (unpaired) electrons. The predicted molar refractivity (Wildman–Crippen MR) is 128 cm³/mol. The summed E-state index contributed by atoms with van der Waals surface area (Å²) in [5, 5.41) is 13.5. The minimum Gasteiger partial charge on any atom is -0.473 e. The fraction of sp³-hybridized carbons (Fsp3) is 0.222. The van der Waals surface area contributed by atoms with E-state index in [-0.39, 0.29) is 18.2 Å². The number of likely N-dealkylation sites (tertiary alicyclic amines) is 1. The maximum absolute atomic E-state index is 13.1. The molecule has 1 aromatic heterocycles. The van der Waals surface area contributed by atoms with Crippen LogP contribution < -0.4 is 10.1 Å². The molecule has 33 heavy (non-hydrogen) atoms. The Kier molecular flexibility index (Phi) is 6.15. The third-order valence-corrected chi connectivity index (χ3v) is 6.08. The lowest BCUT2D eigenvalue weighted by Crippen LogP contribution is -2.47. The lowest BCUT2D eigenvalue weighted by Gasteiger charge is -2.33. The second kappa shape index (κ2) is 9.69. The van der Waals surface area contributed by atoms with E-state index in [1.165, 1.54) is 0 Å². The number of carbonyl (C=O) groups excluding carboxylic acids is 1. The van der Waals surface area contributed by atoms with E-state index >= 15 is 0 Å². The van der Waals surface area contributed by atoms with Crippen molar-refractivity contribution in [3.63, 3.8) is 0 Å². The molecule has 1 aliphatic heterocycles. The van der Waals surface area contributed by atoms with Gasteiger partial charge in [-0.15, -0.1) is 5.10 Å². The van der Waals surface area contributed by atoms with Gasteiger partial charge in [0.25, 0.3) is 0 Å². The zero-order valence-corrected chi connectivity index (χ0v) is 18.3. The normalized spacial score (nSPS) is 14.4. The standard InChI is InChI=1S/C27H26N4O2/c32-27(29-25(20-9-3-1-4-10-20)21-11-5-2-6-12-21)31-17-15-23(16-18-31)33-26-24-14-8-7-13-22(24)19-28-30-26/h1-14,19,23,25H,15-18H2,(H,29,32). The van der Waals surface area contributed by atoms with Crippen molar-refractivity contribution in [2.24, 2.45) is 0 Å². The van der Waals surface area contributed by atoms with E-state index in [4.69, 9.17) is 4.74 Å². The van der Waals surface area contributed by atoms with Gasteiger partial charge in [-0.2, -0.15) is 5.10 Å². The molecule has 0 bridgehead atoms. The van der Waals surface area contributed by atoms with Gasteiger partial charge in [0.15, 0.2) is 0 Å². The van der Waals surface area contributed by atoms with Crippen molar-refractivity contribution in [3.05, 3.63) is 102 Å². The van der Waals surface area contributed by atoms with Gasteiger partial charge in [-0.25, -0.2) is 4.79 Å².